The molecule has 1 saturated heterocycles. The highest BCUT2D eigenvalue weighted by Crippen LogP contribution is 2.29. The SMILES string of the molecule is CN1CCN(C(=O)ONc2ccc(-c3cnc(N)c(OCCc4c(F)ccc(F)c4Cl)c3)cc2)CC1. The minimum absolute atomic E-state index is 0.0248. The van der Waals surface area contributed by atoms with E-state index >= 15 is 0 Å². The van der Waals surface area contributed by atoms with Crippen LogP contribution in [0.25, 0.3) is 11.1 Å². The number of amides is 1. The molecule has 1 amide bonds. The molecule has 8 nitrogen and oxygen atoms in total. The average molecular weight is 518 g/mol. The van der Waals surface area contributed by atoms with Gasteiger partial charge < -0.3 is 25.1 Å². The maximum atomic E-state index is 14.0. The lowest BCUT2D eigenvalue weighted by Gasteiger charge is -2.31. The van der Waals surface area contributed by atoms with E-state index in [4.69, 9.17) is 26.9 Å². The fraction of sp³-hybridized carbons (Fsp3) is 0.280. The molecule has 190 valence electrons. The number of hydrogen-bond acceptors (Lipinski definition) is 7. The molecule has 0 saturated carbocycles. The second kappa shape index (κ2) is 11.4. The number of nitrogens with two attached hydrogens (primary N) is 1. The summed E-state index contributed by atoms with van der Waals surface area (Å²) in [5, 5.41) is -0.263. The van der Waals surface area contributed by atoms with Gasteiger partial charge in [-0.05, 0) is 42.9 Å². The molecule has 0 radical (unpaired) electrons. The van der Waals surface area contributed by atoms with Crippen molar-refractivity contribution in [1.82, 2.24) is 14.8 Å². The summed E-state index contributed by atoms with van der Waals surface area (Å²) in [5.74, 6) is -0.821. The van der Waals surface area contributed by atoms with Crippen LogP contribution in [0.4, 0.5) is 25.1 Å². The van der Waals surface area contributed by atoms with Crippen molar-refractivity contribution in [3.63, 3.8) is 0 Å². The van der Waals surface area contributed by atoms with Gasteiger partial charge in [0.25, 0.3) is 0 Å². The topological polar surface area (TPSA) is 93.0 Å². The zero-order valence-corrected chi connectivity index (χ0v) is 20.4. The molecule has 0 bridgehead atoms. The Morgan fingerprint density at radius 1 is 1.08 bits per heavy atom. The van der Waals surface area contributed by atoms with E-state index in [-0.39, 0.29) is 29.4 Å². The molecule has 11 heteroatoms. The second-order valence-electron chi connectivity index (χ2n) is 8.37. The minimum Gasteiger partial charge on any atom is -0.489 e. The van der Waals surface area contributed by atoms with Gasteiger partial charge in [0.1, 0.15) is 11.6 Å². The highest BCUT2D eigenvalue weighted by Gasteiger charge is 2.20. The number of hydrogen-bond donors (Lipinski definition) is 2. The lowest BCUT2D eigenvalue weighted by molar-refractivity contribution is 0.0974. The maximum Gasteiger partial charge on any atom is 0.434 e. The summed E-state index contributed by atoms with van der Waals surface area (Å²) < 4.78 is 33.3. The van der Waals surface area contributed by atoms with Gasteiger partial charge in [0.15, 0.2) is 11.6 Å². The molecule has 4 rings (SSSR count). The number of piperazine rings is 1. The summed E-state index contributed by atoms with van der Waals surface area (Å²) in [6, 6.07) is 10.9. The van der Waals surface area contributed by atoms with E-state index in [1.807, 2.05) is 19.2 Å². The molecule has 0 spiro atoms. The van der Waals surface area contributed by atoms with Gasteiger partial charge in [0.2, 0.25) is 0 Å². The fourth-order valence-electron chi connectivity index (χ4n) is 3.68. The number of benzene rings is 2. The number of pyridine rings is 1. The minimum atomic E-state index is -0.691. The largest absolute Gasteiger partial charge is 0.489 e. The van der Waals surface area contributed by atoms with Gasteiger partial charge in [-0.15, -0.1) is 0 Å². The second-order valence-corrected chi connectivity index (χ2v) is 8.74. The molecular weight excluding hydrogens is 492 g/mol. The van der Waals surface area contributed by atoms with E-state index < -0.39 is 17.7 Å². The maximum absolute atomic E-state index is 14.0. The quantitative estimate of drug-likeness (QED) is 0.349. The Labute approximate surface area is 212 Å². The van der Waals surface area contributed by atoms with Gasteiger partial charge >= 0.3 is 6.09 Å². The lowest BCUT2D eigenvalue weighted by atomic mass is 10.1. The predicted octanol–water partition coefficient (Wildman–Crippen LogP) is 4.59. The molecule has 1 aliphatic rings. The first-order valence-corrected chi connectivity index (χ1v) is 11.7. The van der Waals surface area contributed by atoms with E-state index in [2.05, 4.69) is 15.4 Å². The Morgan fingerprint density at radius 2 is 1.78 bits per heavy atom. The molecule has 36 heavy (non-hydrogen) atoms. The highest BCUT2D eigenvalue weighted by molar-refractivity contribution is 6.31. The number of ether oxygens (including phenoxy) is 1. The standard InChI is InChI=1S/C25H26ClF2N5O3/c1-32-9-11-33(12-10-32)25(34)36-31-18-4-2-16(3-5-18)17-14-22(24(29)30-15-17)35-13-8-19-20(27)6-7-21(28)23(19)26/h2-7,14-15,31H,8-13H2,1H3,(H2,29,30). The third-order valence-electron chi connectivity index (χ3n) is 5.87. The van der Waals surface area contributed by atoms with Crippen molar-refractivity contribution in [1.29, 1.82) is 0 Å². The third-order valence-corrected chi connectivity index (χ3v) is 6.27. The molecule has 1 aliphatic heterocycles. The monoisotopic (exact) mass is 517 g/mol. The van der Waals surface area contributed by atoms with Crippen LogP contribution in [-0.2, 0) is 11.3 Å². The first-order chi connectivity index (χ1) is 17.3. The van der Waals surface area contributed by atoms with Crippen LogP contribution in [0, 0.1) is 11.6 Å². The van der Waals surface area contributed by atoms with E-state index in [0.717, 1.165) is 36.3 Å². The van der Waals surface area contributed by atoms with E-state index in [0.29, 0.717) is 24.5 Å². The van der Waals surface area contributed by atoms with Crippen LogP contribution >= 0.6 is 11.6 Å². The molecule has 0 aliphatic carbocycles. The zero-order chi connectivity index (χ0) is 25.7. The normalized spacial score (nSPS) is 13.9. The van der Waals surface area contributed by atoms with E-state index in [1.54, 1.807) is 29.3 Å². The molecule has 3 aromatic rings. The van der Waals surface area contributed by atoms with E-state index in [1.165, 1.54) is 0 Å². The van der Waals surface area contributed by atoms with Crippen LogP contribution in [0.1, 0.15) is 5.56 Å². The summed E-state index contributed by atoms with van der Waals surface area (Å²) in [5.41, 5.74) is 10.8. The highest BCUT2D eigenvalue weighted by atomic mass is 35.5. The van der Waals surface area contributed by atoms with Gasteiger partial charge in [0, 0.05) is 49.9 Å². The Bertz CT molecular complexity index is 1220. The number of aromatic nitrogens is 1. The Morgan fingerprint density at radius 3 is 2.50 bits per heavy atom. The number of nitrogen functional groups attached to an aromatic ring is 1. The molecule has 2 heterocycles. The summed E-state index contributed by atoms with van der Waals surface area (Å²) in [4.78, 5) is 25.4. The number of nitrogens with one attached hydrogen (secondary N) is 1. The lowest BCUT2D eigenvalue weighted by Crippen LogP contribution is -2.47. The van der Waals surface area contributed by atoms with Gasteiger partial charge in [0.05, 0.1) is 17.3 Å². The number of carbonyl (C=O) groups excluding carboxylic acids is 1. The Hall–Kier alpha value is -3.63. The van der Waals surface area contributed by atoms with Gasteiger partial charge in [-0.1, -0.05) is 23.7 Å². The number of likely N-dealkylation sites (N-methyl/N-ethyl adjacent to an activating group) is 1. The summed E-state index contributed by atoms with van der Waals surface area (Å²) in [6.45, 7) is 2.88. The van der Waals surface area contributed by atoms with Crippen molar-refractivity contribution in [3.05, 3.63) is 70.9 Å². The first kappa shape index (κ1) is 25.5. The summed E-state index contributed by atoms with van der Waals surface area (Å²) >= 11 is 5.87. The number of halogens is 3. The van der Waals surface area contributed by atoms with Crippen molar-refractivity contribution in [2.45, 2.75) is 6.42 Å². The Balaban J connectivity index is 1.35. The summed E-state index contributed by atoms with van der Waals surface area (Å²) in [6.07, 6.45) is 1.23. The van der Waals surface area contributed by atoms with Crippen LogP contribution in [0.5, 0.6) is 5.75 Å². The number of rotatable bonds is 7. The predicted molar refractivity (Wildman–Crippen MR) is 134 cm³/mol. The zero-order valence-electron chi connectivity index (χ0n) is 19.6. The van der Waals surface area contributed by atoms with Gasteiger partial charge in [-0.25, -0.2) is 24.0 Å². The van der Waals surface area contributed by atoms with Gasteiger partial charge in [-0.2, -0.15) is 0 Å². The third kappa shape index (κ3) is 6.13. The molecule has 0 atom stereocenters. The molecule has 0 unspecified atom stereocenters. The number of carbonyl (C=O) groups is 1. The van der Waals surface area contributed by atoms with Crippen molar-refractivity contribution in [2.75, 3.05) is 51.0 Å². The van der Waals surface area contributed by atoms with Crippen LogP contribution in [0.2, 0.25) is 5.02 Å². The van der Waals surface area contributed by atoms with Crippen molar-refractivity contribution < 1.29 is 23.1 Å². The molecular formula is C25H26ClF2N5O3. The summed E-state index contributed by atoms with van der Waals surface area (Å²) in [7, 11) is 2.01. The van der Waals surface area contributed by atoms with Crippen LogP contribution < -0.4 is 16.0 Å². The van der Waals surface area contributed by atoms with Crippen molar-refractivity contribution >= 4 is 29.2 Å². The smallest absolute Gasteiger partial charge is 0.434 e. The van der Waals surface area contributed by atoms with E-state index in [9.17, 15) is 13.6 Å². The van der Waals surface area contributed by atoms with Crippen LogP contribution in [0.15, 0.2) is 48.7 Å². The Kier molecular flexibility index (Phi) is 8.07. The molecule has 3 N–H and O–H groups in total. The first-order valence-electron chi connectivity index (χ1n) is 11.3. The molecule has 1 fully saturated rings. The molecule has 1 aromatic heterocycles. The van der Waals surface area contributed by atoms with Crippen LogP contribution in [-0.4, -0.2) is 60.7 Å². The number of nitrogens with zero attached hydrogens (tertiary/aromatic N) is 3. The van der Waals surface area contributed by atoms with Gasteiger partial charge in [-0.3, -0.25) is 0 Å². The molecule has 2 aromatic carbocycles. The van der Waals surface area contributed by atoms with Crippen LogP contribution in [0.3, 0.4) is 0 Å². The average Bonchev–Trinajstić information content (AvgIpc) is 2.88. The van der Waals surface area contributed by atoms with Crippen molar-refractivity contribution in [3.8, 4) is 16.9 Å². The fourth-order valence-corrected chi connectivity index (χ4v) is 3.92. The van der Waals surface area contributed by atoms with Crippen molar-refractivity contribution in [2.24, 2.45) is 0 Å². The number of anilines is 2.